The van der Waals surface area contributed by atoms with Crippen molar-refractivity contribution in [1.82, 2.24) is 25.9 Å². The highest BCUT2D eigenvalue weighted by molar-refractivity contribution is 7.47. The molecule has 3 amide bonds. The number of aromatic nitrogens is 2. The van der Waals surface area contributed by atoms with E-state index >= 15 is 0 Å². The van der Waals surface area contributed by atoms with Gasteiger partial charge in [-0.25, -0.2) is 14.6 Å². The minimum Gasteiger partial charge on any atom is -0.603 e. The molecule has 4 rings (SSSR count). The highest BCUT2D eigenvalue weighted by atomic mass is 31.1. The van der Waals surface area contributed by atoms with Crippen LogP contribution in [-0.2, 0) is 43.1 Å². The summed E-state index contributed by atoms with van der Waals surface area (Å²) in [6.07, 6.45) is 1.27. The fourth-order valence-electron chi connectivity index (χ4n) is 4.97. The number of alkyl carbamates (subject to hydrolysis) is 1. The van der Waals surface area contributed by atoms with Crippen molar-refractivity contribution in [3.05, 3.63) is 102 Å². The number of benzene rings is 3. The lowest BCUT2D eigenvalue weighted by Gasteiger charge is -2.25. The average Bonchev–Trinajstić information content (AvgIpc) is 3.56. The van der Waals surface area contributed by atoms with Gasteiger partial charge in [-0.2, -0.15) is 4.52 Å². The predicted molar refractivity (Wildman–Crippen MR) is 179 cm³/mol. The molecule has 252 valence electrons. The lowest BCUT2D eigenvalue weighted by molar-refractivity contribution is -0.177. The van der Waals surface area contributed by atoms with Crippen LogP contribution in [0.5, 0.6) is 0 Å². The Bertz CT molecular complexity index is 1710. The van der Waals surface area contributed by atoms with Crippen LogP contribution in [-0.4, -0.2) is 63.1 Å². The molecule has 13 nitrogen and oxygen atoms in total. The Morgan fingerprint density at radius 3 is 2.31 bits per heavy atom. The number of carboxylic acids is 1. The van der Waals surface area contributed by atoms with Crippen LogP contribution in [0.2, 0.25) is 0 Å². The fraction of sp³-hybridized carbons (Fsp3) is 0.294. The van der Waals surface area contributed by atoms with Crippen molar-refractivity contribution >= 4 is 48.4 Å². The number of imidazole rings is 1. The van der Waals surface area contributed by atoms with Crippen LogP contribution in [0.1, 0.15) is 37.1 Å². The van der Waals surface area contributed by atoms with Crippen molar-refractivity contribution in [2.45, 2.75) is 58.0 Å². The molecule has 48 heavy (non-hydrogen) atoms. The molecular weight excluding hydrogens is 637 g/mol. The normalized spacial score (nSPS) is 13.4. The zero-order valence-corrected chi connectivity index (χ0v) is 27.4. The molecule has 0 fully saturated rings. The van der Waals surface area contributed by atoms with Crippen LogP contribution in [0.4, 0.5) is 4.79 Å². The maximum absolute atomic E-state index is 14.0. The molecule has 3 aromatic carbocycles. The second-order valence-electron chi connectivity index (χ2n) is 11.4. The molecule has 0 aliphatic carbocycles. The predicted octanol–water partition coefficient (Wildman–Crippen LogP) is 3.19. The summed E-state index contributed by atoms with van der Waals surface area (Å²) in [6, 6.07) is 20.0. The van der Waals surface area contributed by atoms with Crippen LogP contribution >= 0.6 is 8.00 Å². The van der Waals surface area contributed by atoms with E-state index in [1.807, 2.05) is 74.5 Å². The Kier molecular flexibility index (Phi) is 13.2. The van der Waals surface area contributed by atoms with Crippen molar-refractivity contribution in [1.29, 1.82) is 0 Å². The maximum Gasteiger partial charge on any atom is 0.408 e. The summed E-state index contributed by atoms with van der Waals surface area (Å²) in [6.45, 7) is 3.68. The first kappa shape index (κ1) is 35.7. The van der Waals surface area contributed by atoms with Gasteiger partial charge in [-0.3, -0.25) is 9.59 Å². The minimum atomic E-state index is -2.74. The second-order valence-corrected chi connectivity index (χ2v) is 12.5. The number of nitrogens with one attached hydrogen (secondary N) is 4. The third kappa shape index (κ3) is 11.3. The standard InChI is InChI=1S/C34H38N5O8P/c1-22(2)15-30(47-48(45)20-31(40)41)39-33(43)29(17-26-18-35-21-36-26)37-32(42)28(38-34(44)46-19-23-9-4-3-5-10-23)16-25-13-8-12-24-11-6-7-14-27(24)25/h3-14,18,20-22,28-30H,15-17,19H2,1-2H3,(H,35,36)(H,37,42)(H,38,44)(H,39,43)(H,40,41)/t28-,29-,30+/m1/s1. The molecule has 4 atom stereocenters. The Morgan fingerprint density at radius 2 is 1.60 bits per heavy atom. The Balaban J connectivity index is 1.57. The number of aromatic amines is 1. The molecule has 0 radical (unpaired) electrons. The topological polar surface area (TPSA) is 195 Å². The third-order valence-electron chi connectivity index (χ3n) is 7.17. The van der Waals surface area contributed by atoms with Crippen LogP contribution in [0, 0.1) is 5.92 Å². The van der Waals surface area contributed by atoms with Gasteiger partial charge in [-0.15, -0.1) is 0 Å². The molecule has 0 saturated heterocycles. The van der Waals surface area contributed by atoms with Gasteiger partial charge in [0.2, 0.25) is 25.6 Å². The van der Waals surface area contributed by atoms with Crippen molar-refractivity contribution < 1.29 is 38.4 Å². The summed E-state index contributed by atoms with van der Waals surface area (Å²) in [5.41, 5.74) is 2.08. The number of aliphatic carboxylic acids is 1. The maximum atomic E-state index is 14.0. The van der Waals surface area contributed by atoms with Gasteiger partial charge in [0.25, 0.3) is 0 Å². The first-order chi connectivity index (χ1) is 23.1. The van der Waals surface area contributed by atoms with E-state index in [4.69, 9.17) is 14.4 Å². The van der Waals surface area contributed by atoms with Crippen LogP contribution in [0.25, 0.3) is 10.8 Å². The van der Waals surface area contributed by atoms with E-state index in [0.717, 1.165) is 21.9 Å². The number of nitrogens with zero attached hydrogens (tertiary/aromatic N) is 1. The summed E-state index contributed by atoms with van der Waals surface area (Å²) in [7, 11) is -2.74. The largest absolute Gasteiger partial charge is 0.603 e. The van der Waals surface area contributed by atoms with E-state index < -0.39 is 50.2 Å². The number of carbonyl (C=O) groups is 4. The van der Waals surface area contributed by atoms with E-state index in [0.29, 0.717) is 11.5 Å². The van der Waals surface area contributed by atoms with E-state index in [-0.39, 0.29) is 31.8 Å². The van der Waals surface area contributed by atoms with E-state index in [9.17, 15) is 24.1 Å². The monoisotopic (exact) mass is 675 g/mol. The molecule has 1 aromatic heterocycles. The zero-order chi connectivity index (χ0) is 34.5. The van der Waals surface area contributed by atoms with Gasteiger partial charge in [0.1, 0.15) is 18.7 Å². The molecule has 14 heteroatoms. The summed E-state index contributed by atoms with van der Waals surface area (Å²) < 4.78 is 10.8. The second kappa shape index (κ2) is 17.7. The molecule has 0 aliphatic rings. The van der Waals surface area contributed by atoms with Crippen molar-refractivity contribution in [3.63, 3.8) is 0 Å². The number of fused-ring (bicyclic) bond motifs is 1. The van der Waals surface area contributed by atoms with Gasteiger partial charge >= 0.3 is 12.1 Å². The van der Waals surface area contributed by atoms with Crippen LogP contribution in [0.15, 0.2) is 85.3 Å². The van der Waals surface area contributed by atoms with E-state index in [1.165, 1.54) is 12.5 Å². The summed E-state index contributed by atoms with van der Waals surface area (Å²) in [5.74, 6) is -2.30. The van der Waals surface area contributed by atoms with E-state index in [1.54, 1.807) is 12.1 Å². The smallest absolute Gasteiger partial charge is 0.408 e. The summed E-state index contributed by atoms with van der Waals surface area (Å²) in [5, 5.41) is 18.9. The van der Waals surface area contributed by atoms with Gasteiger partial charge in [0.15, 0.2) is 6.23 Å². The van der Waals surface area contributed by atoms with Gasteiger partial charge in [-0.05, 0) is 34.2 Å². The molecule has 0 spiro atoms. The Labute approximate surface area is 278 Å². The average molecular weight is 676 g/mol. The third-order valence-corrected chi connectivity index (χ3v) is 8.07. The first-order valence-electron chi connectivity index (χ1n) is 15.3. The Morgan fingerprint density at radius 1 is 0.917 bits per heavy atom. The van der Waals surface area contributed by atoms with Gasteiger partial charge in [0.05, 0.1) is 6.33 Å². The van der Waals surface area contributed by atoms with Crippen LogP contribution < -0.4 is 20.8 Å². The number of carbonyl (C=O) groups excluding carboxylic acids is 3. The number of ether oxygens (including phenoxy) is 1. The molecule has 0 saturated carbocycles. The van der Waals surface area contributed by atoms with Crippen LogP contribution in [0.3, 0.4) is 0 Å². The molecule has 0 aliphatic heterocycles. The number of amides is 3. The van der Waals surface area contributed by atoms with Crippen molar-refractivity contribution in [3.8, 4) is 0 Å². The number of carboxylic acid groups (broad SMARTS) is 1. The molecular formula is C34H38N5O8P. The zero-order valence-electron chi connectivity index (χ0n) is 26.5. The van der Waals surface area contributed by atoms with Gasteiger partial charge in [-0.1, -0.05) is 86.6 Å². The Hall–Kier alpha value is -5.10. The quantitative estimate of drug-likeness (QED) is 0.0876. The molecule has 1 unspecified atom stereocenters. The number of H-pyrrole nitrogens is 1. The lowest BCUT2D eigenvalue weighted by atomic mass is 9.98. The molecule has 0 bridgehead atoms. The van der Waals surface area contributed by atoms with Crippen molar-refractivity contribution in [2.75, 3.05) is 0 Å². The summed E-state index contributed by atoms with van der Waals surface area (Å²) in [4.78, 5) is 70.8. The number of hydrogen-bond donors (Lipinski definition) is 5. The molecule has 1 heterocycles. The highest BCUT2D eigenvalue weighted by Crippen LogP contribution is 2.21. The summed E-state index contributed by atoms with van der Waals surface area (Å²) >= 11 is 0. The van der Waals surface area contributed by atoms with Gasteiger partial charge < -0.3 is 35.7 Å². The van der Waals surface area contributed by atoms with Crippen molar-refractivity contribution in [2.24, 2.45) is 5.92 Å². The SMILES string of the molecule is CC(C)C[C@@H](NC(=O)[C@@H](Cc1cnc[nH]1)NC(=O)[C@@H](Cc1cccc2ccccc12)NC(=O)OCc1ccccc1)O/[P+]([O-])=C/C(=O)O. The minimum absolute atomic E-state index is 0.0149. The molecule has 4 aromatic rings. The van der Waals surface area contributed by atoms with E-state index in [2.05, 4.69) is 25.9 Å². The number of hydrogen-bond acceptors (Lipinski definition) is 8. The van der Waals surface area contributed by atoms with Gasteiger partial charge in [0, 0.05) is 24.7 Å². The highest BCUT2D eigenvalue weighted by Gasteiger charge is 2.31. The molecule has 5 N–H and O–H groups in total. The first-order valence-corrected chi connectivity index (χ1v) is 16.5. The lowest BCUT2D eigenvalue weighted by Crippen LogP contribution is -2.56. The number of rotatable bonds is 16. The fourth-order valence-corrected chi connectivity index (χ4v) is 5.60.